The lowest BCUT2D eigenvalue weighted by atomic mass is 10.1. The van der Waals surface area contributed by atoms with Crippen molar-refractivity contribution in [2.24, 2.45) is 0 Å². The standard InChI is InChI=1S/C21H17N3O/c25-20(16-9-3-1-4-10-16)21(23-17-11-5-2-6-12-17)24-15-22-18-13-7-8-14-19(18)24/h1-15,21,23H. The first kappa shape index (κ1) is 15.1. The van der Waals surface area contributed by atoms with Gasteiger partial charge in [0, 0.05) is 11.3 Å². The highest BCUT2D eigenvalue weighted by Gasteiger charge is 2.23. The minimum atomic E-state index is -0.572. The number of nitrogens with one attached hydrogen (secondary N) is 1. The van der Waals surface area contributed by atoms with Gasteiger partial charge in [-0.1, -0.05) is 60.7 Å². The molecule has 0 saturated carbocycles. The van der Waals surface area contributed by atoms with E-state index in [1.165, 1.54) is 0 Å². The maximum Gasteiger partial charge on any atom is 0.205 e. The summed E-state index contributed by atoms with van der Waals surface area (Å²) in [6, 6.07) is 26.9. The summed E-state index contributed by atoms with van der Waals surface area (Å²) in [6.07, 6.45) is 1.14. The molecule has 0 bridgehead atoms. The van der Waals surface area contributed by atoms with Gasteiger partial charge < -0.3 is 9.88 Å². The van der Waals surface area contributed by atoms with Crippen molar-refractivity contribution in [2.75, 3.05) is 5.32 Å². The number of para-hydroxylation sites is 3. The van der Waals surface area contributed by atoms with Crippen LogP contribution in [0.25, 0.3) is 11.0 Å². The lowest BCUT2D eigenvalue weighted by Crippen LogP contribution is -2.26. The normalized spacial score (nSPS) is 12.0. The molecule has 4 aromatic rings. The van der Waals surface area contributed by atoms with Gasteiger partial charge in [0.2, 0.25) is 5.78 Å². The van der Waals surface area contributed by atoms with Crippen LogP contribution in [-0.2, 0) is 0 Å². The monoisotopic (exact) mass is 327 g/mol. The third-order valence-electron chi connectivity index (χ3n) is 4.14. The number of rotatable bonds is 5. The topological polar surface area (TPSA) is 46.9 Å². The van der Waals surface area contributed by atoms with E-state index in [0.29, 0.717) is 5.56 Å². The van der Waals surface area contributed by atoms with Gasteiger partial charge in [-0.2, -0.15) is 0 Å². The summed E-state index contributed by atoms with van der Waals surface area (Å²) >= 11 is 0. The van der Waals surface area contributed by atoms with Crippen LogP contribution in [0.4, 0.5) is 5.69 Å². The molecule has 25 heavy (non-hydrogen) atoms. The van der Waals surface area contributed by atoms with Crippen LogP contribution < -0.4 is 5.32 Å². The van der Waals surface area contributed by atoms with Crippen molar-refractivity contribution in [1.29, 1.82) is 0 Å². The molecule has 1 atom stereocenters. The zero-order valence-corrected chi connectivity index (χ0v) is 13.5. The number of anilines is 1. The zero-order valence-electron chi connectivity index (χ0n) is 13.5. The van der Waals surface area contributed by atoms with Crippen molar-refractivity contribution in [3.63, 3.8) is 0 Å². The minimum Gasteiger partial charge on any atom is -0.358 e. The number of carbonyl (C=O) groups excluding carboxylic acids is 1. The Bertz CT molecular complexity index is 993. The Kier molecular flexibility index (Phi) is 4.01. The first-order valence-electron chi connectivity index (χ1n) is 8.15. The Balaban J connectivity index is 1.79. The van der Waals surface area contributed by atoms with Crippen LogP contribution in [0.15, 0.2) is 91.3 Å². The summed E-state index contributed by atoms with van der Waals surface area (Å²) in [5.41, 5.74) is 3.33. The van der Waals surface area contributed by atoms with Crippen molar-refractivity contribution in [3.05, 3.63) is 96.8 Å². The Labute approximate surface area is 145 Å². The van der Waals surface area contributed by atoms with E-state index in [0.717, 1.165) is 16.7 Å². The second kappa shape index (κ2) is 6.61. The summed E-state index contributed by atoms with van der Waals surface area (Å²) < 4.78 is 1.89. The average Bonchev–Trinajstić information content (AvgIpc) is 3.11. The average molecular weight is 327 g/mol. The van der Waals surface area contributed by atoms with Gasteiger partial charge in [-0.15, -0.1) is 0 Å². The number of imidazole rings is 1. The molecular formula is C21H17N3O. The third kappa shape index (κ3) is 3.02. The molecule has 0 amide bonds. The van der Waals surface area contributed by atoms with Crippen molar-refractivity contribution >= 4 is 22.5 Å². The highest BCUT2D eigenvalue weighted by molar-refractivity contribution is 6.01. The van der Waals surface area contributed by atoms with Crippen LogP contribution in [0.5, 0.6) is 0 Å². The molecule has 1 N–H and O–H groups in total. The third-order valence-corrected chi connectivity index (χ3v) is 4.14. The quantitative estimate of drug-likeness (QED) is 0.548. The zero-order chi connectivity index (χ0) is 17.1. The van der Waals surface area contributed by atoms with E-state index in [1.54, 1.807) is 6.33 Å². The van der Waals surface area contributed by atoms with Gasteiger partial charge in [-0.3, -0.25) is 4.79 Å². The summed E-state index contributed by atoms with van der Waals surface area (Å²) in [5.74, 6) is -0.00685. The van der Waals surface area contributed by atoms with Gasteiger partial charge in [-0.25, -0.2) is 4.98 Å². The lowest BCUT2D eigenvalue weighted by molar-refractivity contribution is 0.0941. The molecule has 0 aliphatic heterocycles. The van der Waals surface area contributed by atoms with Gasteiger partial charge >= 0.3 is 0 Å². The summed E-state index contributed by atoms with van der Waals surface area (Å²) in [5, 5.41) is 3.35. The Morgan fingerprint density at radius 2 is 1.48 bits per heavy atom. The fourth-order valence-corrected chi connectivity index (χ4v) is 2.90. The van der Waals surface area contributed by atoms with Crippen LogP contribution in [0, 0.1) is 0 Å². The molecule has 1 unspecified atom stereocenters. The van der Waals surface area contributed by atoms with E-state index >= 15 is 0 Å². The summed E-state index contributed by atoms with van der Waals surface area (Å²) in [7, 11) is 0. The largest absolute Gasteiger partial charge is 0.358 e. The maximum absolute atomic E-state index is 13.2. The van der Waals surface area contributed by atoms with Gasteiger partial charge in [0.15, 0.2) is 6.17 Å². The second-order valence-electron chi connectivity index (χ2n) is 5.78. The molecule has 0 aliphatic carbocycles. The van der Waals surface area contributed by atoms with Crippen LogP contribution in [0.3, 0.4) is 0 Å². The van der Waals surface area contributed by atoms with E-state index in [4.69, 9.17) is 0 Å². The van der Waals surface area contributed by atoms with Crippen LogP contribution in [0.1, 0.15) is 16.5 Å². The predicted molar refractivity (Wildman–Crippen MR) is 99.6 cm³/mol. The highest BCUT2D eigenvalue weighted by atomic mass is 16.1. The van der Waals surface area contributed by atoms with Gasteiger partial charge in [-0.05, 0) is 24.3 Å². The maximum atomic E-state index is 13.2. The fraction of sp³-hybridized carbons (Fsp3) is 0.0476. The predicted octanol–water partition coefficient (Wildman–Crippen LogP) is 4.53. The number of carbonyl (C=O) groups is 1. The van der Waals surface area contributed by atoms with Gasteiger partial charge in [0.25, 0.3) is 0 Å². The number of aromatic nitrogens is 2. The molecule has 0 saturated heterocycles. The SMILES string of the molecule is O=C(c1ccccc1)C(Nc1ccccc1)n1cnc2ccccc21. The smallest absolute Gasteiger partial charge is 0.205 e. The Morgan fingerprint density at radius 1 is 0.840 bits per heavy atom. The number of hydrogen-bond donors (Lipinski definition) is 1. The van der Waals surface area contributed by atoms with Crippen molar-refractivity contribution in [1.82, 2.24) is 9.55 Å². The number of ketones is 1. The molecule has 122 valence electrons. The molecule has 4 heteroatoms. The number of benzene rings is 3. The first-order chi connectivity index (χ1) is 12.3. The molecule has 0 aliphatic rings. The second-order valence-corrected chi connectivity index (χ2v) is 5.78. The van der Waals surface area contributed by atoms with Crippen LogP contribution >= 0.6 is 0 Å². The van der Waals surface area contributed by atoms with Crippen LogP contribution in [0.2, 0.25) is 0 Å². The molecule has 1 heterocycles. The molecule has 4 rings (SSSR count). The van der Waals surface area contributed by atoms with Crippen LogP contribution in [-0.4, -0.2) is 15.3 Å². The van der Waals surface area contributed by atoms with E-state index < -0.39 is 6.17 Å². The number of hydrogen-bond acceptors (Lipinski definition) is 3. The van der Waals surface area contributed by atoms with E-state index in [2.05, 4.69) is 10.3 Å². The summed E-state index contributed by atoms with van der Waals surface area (Å²) in [4.78, 5) is 17.6. The van der Waals surface area contributed by atoms with Gasteiger partial charge in [0.05, 0.1) is 17.4 Å². The van der Waals surface area contributed by atoms with Crippen molar-refractivity contribution < 1.29 is 4.79 Å². The van der Waals surface area contributed by atoms with Crippen molar-refractivity contribution in [2.45, 2.75) is 6.17 Å². The number of Topliss-reactive ketones (excluding diaryl/α,β-unsaturated/α-hetero) is 1. The van der Waals surface area contributed by atoms with Crippen molar-refractivity contribution in [3.8, 4) is 0 Å². The van der Waals surface area contributed by atoms with E-state index in [1.807, 2.05) is 89.5 Å². The molecule has 1 aromatic heterocycles. The lowest BCUT2D eigenvalue weighted by Gasteiger charge is -2.21. The molecule has 4 nitrogen and oxygen atoms in total. The molecule has 0 spiro atoms. The first-order valence-corrected chi connectivity index (χ1v) is 8.15. The minimum absolute atomic E-state index is 0.00685. The Morgan fingerprint density at radius 3 is 2.24 bits per heavy atom. The number of nitrogens with zero attached hydrogens (tertiary/aromatic N) is 2. The molecule has 0 fully saturated rings. The fourth-order valence-electron chi connectivity index (χ4n) is 2.90. The highest BCUT2D eigenvalue weighted by Crippen LogP contribution is 2.23. The Hall–Kier alpha value is -3.40. The molecule has 3 aromatic carbocycles. The van der Waals surface area contributed by atoms with Gasteiger partial charge in [0.1, 0.15) is 0 Å². The van der Waals surface area contributed by atoms with E-state index in [9.17, 15) is 4.79 Å². The summed E-state index contributed by atoms with van der Waals surface area (Å²) in [6.45, 7) is 0. The molecule has 0 radical (unpaired) electrons. The molecular weight excluding hydrogens is 310 g/mol. The number of fused-ring (bicyclic) bond motifs is 1. The van der Waals surface area contributed by atoms with E-state index in [-0.39, 0.29) is 5.78 Å².